The van der Waals surface area contributed by atoms with Crippen molar-refractivity contribution in [2.75, 3.05) is 0 Å². The first kappa shape index (κ1) is 9.30. The van der Waals surface area contributed by atoms with Crippen LogP contribution in [0.1, 0.15) is 39.5 Å². The minimum atomic E-state index is 0.0547. The minimum Gasteiger partial charge on any atom is -0.347 e. The summed E-state index contributed by atoms with van der Waals surface area (Å²) >= 11 is 0. The predicted molar refractivity (Wildman–Crippen MR) is 49.8 cm³/mol. The van der Waals surface area contributed by atoms with E-state index in [1.165, 1.54) is 6.42 Å². The van der Waals surface area contributed by atoms with E-state index in [-0.39, 0.29) is 11.4 Å². The molecule has 1 aliphatic rings. The Balaban J connectivity index is 2.42. The van der Waals surface area contributed by atoms with Crippen molar-refractivity contribution in [1.82, 2.24) is 5.32 Å². The number of allylic oxidation sites excluding steroid dienone is 1. The standard InChI is InChI=1S/C10H17NO/c1-3-6-9(12)11-10(4-2)7-5-8-10/h3,6H,4-5,7-8H2,1-2H3,(H,11,12)/b6-3+. The summed E-state index contributed by atoms with van der Waals surface area (Å²) < 4.78 is 0. The maximum Gasteiger partial charge on any atom is 0.244 e. The van der Waals surface area contributed by atoms with Crippen molar-refractivity contribution in [3.63, 3.8) is 0 Å². The zero-order valence-electron chi connectivity index (χ0n) is 7.89. The SMILES string of the molecule is C/C=C/C(=O)NC1(CC)CCC1. The topological polar surface area (TPSA) is 29.1 Å². The van der Waals surface area contributed by atoms with Crippen LogP contribution in [0, 0.1) is 0 Å². The highest BCUT2D eigenvalue weighted by Gasteiger charge is 2.35. The Morgan fingerprint density at radius 2 is 2.25 bits per heavy atom. The summed E-state index contributed by atoms with van der Waals surface area (Å²) in [7, 11) is 0. The van der Waals surface area contributed by atoms with Crippen molar-refractivity contribution in [3.05, 3.63) is 12.2 Å². The second-order valence-corrected chi connectivity index (χ2v) is 3.48. The molecule has 0 bridgehead atoms. The first-order chi connectivity index (χ1) is 5.72. The van der Waals surface area contributed by atoms with Crippen LogP contribution < -0.4 is 5.32 Å². The normalized spacial score (nSPS) is 20.5. The molecule has 0 spiro atoms. The quantitative estimate of drug-likeness (QED) is 0.640. The first-order valence-electron chi connectivity index (χ1n) is 4.67. The van der Waals surface area contributed by atoms with Gasteiger partial charge in [0.15, 0.2) is 0 Å². The number of hydrogen-bond acceptors (Lipinski definition) is 1. The van der Waals surface area contributed by atoms with Gasteiger partial charge in [0.25, 0.3) is 0 Å². The lowest BCUT2D eigenvalue weighted by Gasteiger charge is -2.41. The second-order valence-electron chi connectivity index (χ2n) is 3.48. The number of hydrogen-bond donors (Lipinski definition) is 1. The molecule has 1 saturated carbocycles. The maximum atomic E-state index is 11.2. The zero-order chi connectivity index (χ0) is 9.03. The van der Waals surface area contributed by atoms with Crippen LogP contribution >= 0.6 is 0 Å². The molecule has 0 unspecified atom stereocenters. The highest BCUT2D eigenvalue weighted by molar-refractivity contribution is 5.88. The van der Waals surface area contributed by atoms with E-state index in [2.05, 4.69) is 12.2 Å². The van der Waals surface area contributed by atoms with Crippen molar-refractivity contribution < 1.29 is 4.79 Å². The monoisotopic (exact) mass is 167 g/mol. The third-order valence-corrected chi connectivity index (χ3v) is 2.69. The van der Waals surface area contributed by atoms with Gasteiger partial charge in [-0.15, -0.1) is 0 Å². The van der Waals surface area contributed by atoms with Crippen LogP contribution in [0.2, 0.25) is 0 Å². The van der Waals surface area contributed by atoms with Gasteiger partial charge in [-0.1, -0.05) is 13.0 Å². The van der Waals surface area contributed by atoms with Crippen molar-refractivity contribution in [2.24, 2.45) is 0 Å². The van der Waals surface area contributed by atoms with Crippen LogP contribution in [0.5, 0.6) is 0 Å². The number of carbonyl (C=O) groups excluding carboxylic acids is 1. The molecule has 1 amide bonds. The molecule has 1 N–H and O–H groups in total. The third-order valence-electron chi connectivity index (χ3n) is 2.69. The van der Waals surface area contributed by atoms with Crippen LogP contribution in [-0.4, -0.2) is 11.4 Å². The average molecular weight is 167 g/mol. The zero-order valence-corrected chi connectivity index (χ0v) is 7.89. The van der Waals surface area contributed by atoms with Crippen LogP contribution in [0.25, 0.3) is 0 Å². The van der Waals surface area contributed by atoms with Crippen LogP contribution in [0.3, 0.4) is 0 Å². The molecule has 0 radical (unpaired) electrons. The summed E-state index contributed by atoms with van der Waals surface area (Å²) in [5, 5.41) is 3.05. The molecule has 2 heteroatoms. The van der Waals surface area contributed by atoms with E-state index >= 15 is 0 Å². The predicted octanol–water partition coefficient (Wildman–Crippen LogP) is 2.01. The van der Waals surface area contributed by atoms with E-state index in [9.17, 15) is 4.79 Å². The smallest absolute Gasteiger partial charge is 0.244 e. The van der Waals surface area contributed by atoms with Crippen molar-refractivity contribution >= 4 is 5.91 Å². The molecule has 0 aromatic heterocycles. The molecule has 1 rings (SSSR count). The summed E-state index contributed by atoms with van der Waals surface area (Å²) in [6.45, 7) is 3.99. The summed E-state index contributed by atoms with van der Waals surface area (Å²) in [5.41, 5.74) is 0.136. The first-order valence-corrected chi connectivity index (χ1v) is 4.67. The molecule has 0 aromatic rings. The number of rotatable bonds is 3. The fourth-order valence-corrected chi connectivity index (χ4v) is 1.62. The number of nitrogens with one attached hydrogen (secondary N) is 1. The van der Waals surface area contributed by atoms with Gasteiger partial charge in [0.05, 0.1) is 0 Å². The van der Waals surface area contributed by atoms with E-state index in [0.717, 1.165) is 19.3 Å². The largest absolute Gasteiger partial charge is 0.347 e. The van der Waals surface area contributed by atoms with Gasteiger partial charge in [0.2, 0.25) is 5.91 Å². The van der Waals surface area contributed by atoms with E-state index in [4.69, 9.17) is 0 Å². The van der Waals surface area contributed by atoms with Gasteiger partial charge in [0.1, 0.15) is 0 Å². The second kappa shape index (κ2) is 3.74. The van der Waals surface area contributed by atoms with E-state index in [1.54, 1.807) is 12.2 Å². The Hall–Kier alpha value is -0.790. The molecule has 0 heterocycles. The molecule has 0 aliphatic heterocycles. The lowest BCUT2D eigenvalue weighted by atomic mass is 9.75. The summed E-state index contributed by atoms with van der Waals surface area (Å²) in [4.78, 5) is 11.2. The molecule has 1 fully saturated rings. The third kappa shape index (κ3) is 1.87. The summed E-state index contributed by atoms with van der Waals surface area (Å²) in [6.07, 6.45) is 7.97. The average Bonchev–Trinajstić information content (AvgIpc) is 1.97. The van der Waals surface area contributed by atoms with Crippen LogP contribution in [-0.2, 0) is 4.79 Å². The molecule has 0 aromatic carbocycles. The van der Waals surface area contributed by atoms with Crippen molar-refractivity contribution in [3.8, 4) is 0 Å². The molecular weight excluding hydrogens is 150 g/mol. The Kier molecular flexibility index (Phi) is 2.90. The molecule has 1 aliphatic carbocycles. The number of carbonyl (C=O) groups is 1. The van der Waals surface area contributed by atoms with Crippen molar-refractivity contribution in [1.29, 1.82) is 0 Å². The Bertz CT molecular complexity index is 187. The Morgan fingerprint density at radius 1 is 1.58 bits per heavy atom. The lowest BCUT2D eigenvalue weighted by Crippen LogP contribution is -2.52. The molecule has 0 saturated heterocycles. The van der Waals surface area contributed by atoms with Gasteiger partial charge in [-0.3, -0.25) is 4.79 Å². The van der Waals surface area contributed by atoms with Gasteiger partial charge in [-0.25, -0.2) is 0 Å². The molecular formula is C10H17NO. The van der Waals surface area contributed by atoms with Gasteiger partial charge >= 0.3 is 0 Å². The Labute approximate surface area is 74.0 Å². The van der Waals surface area contributed by atoms with E-state index in [0.29, 0.717) is 0 Å². The Morgan fingerprint density at radius 3 is 2.58 bits per heavy atom. The summed E-state index contributed by atoms with van der Waals surface area (Å²) in [6, 6.07) is 0. The lowest BCUT2D eigenvalue weighted by molar-refractivity contribution is -0.119. The molecule has 68 valence electrons. The van der Waals surface area contributed by atoms with E-state index < -0.39 is 0 Å². The molecule has 2 nitrogen and oxygen atoms in total. The van der Waals surface area contributed by atoms with Gasteiger partial charge < -0.3 is 5.32 Å². The maximum absolute atomic E-state index is 11.2. The van der Waals surface area contributed by atoms with Crippen LogP contribution in [0.15, 0.2) is 12.2 Å². The van der Waals surface area contributed by atoms with Crippen LogP contribution in [0.4, 0.5) is 0 Å². The number of amides is 1. The minimum absolute atomic E-state index is 0.0547. The highest BCUT2D eigenvalue weighted by atomic mass is 16.1. The molecule has 12 heavy (non-hydrogen) atoms. The van der Waals surface area contributed by atoms with Gasteiger partial charge in [0, 0.05) is 5.54 Å². The van der Waals surface area contributed by atoms with Gasteiger partial charge in [-0.05, 0) is 38.7 Å². The molecule has 0 atom stereocenters. The van der Waals surface area contributed by atoms with Crippen molar-refractivity contribution in [2.45, 2.75) is 45.1 Å². The van der Waals surface area contributed by atoms with Gasteiger partial charge in [-0.2, -0.15) is 0 Å². The fraction of sp³-hybridized carbons (Fsp3) is 0.700. The fourth-order valence-electron chi connectivity index (χ4n) is 1.62. The van der Waals surface area contributed by atoms with E-state index in [1.807, 2.05) is 6.92 Å². The highest BCUT2D eigenvalue weighted by Crippen LogP contribution is 2.34. The summed E-state index contributed by atoms with van der Waals surface area (Å²) in [5.74, 6) is 0.0547.